The Labute approximate surface area is 132 Å². The van der Waals surface area contributed by atoms with Crippen LogP contribution >= 0.6 is 11.3 Å². The number of thiazole rings is 1. The molecule has 0 saturated carbocycles. The Morgan fingerprint density at radius 3 is 3.14 bits per heavy atom. The first-order chi connectivity index (χ1) is 10.5. The summed E-state index contributed by atoms with van der Waals surface area (Å²) < 4.78 is 1.41. The van der Waals surface area contributed by atoms with Crippen LogP contribution in [-0.4, -0.2) is 34.0 Å². The molecule has 0 spiro atoms. The highest BCUT2D eigenvalue weighted by molar-refractivity contribution is 7.15. The number of pyridine rings is 1. The SMILES string of the molecule is Cc1cccn(CC(=O)Nc2nc3c(s2)CN(C)CC3)c1=O. The minimum atomic E-state index is -0.229. The van der Waals surface area contributed by atoms with Crippen LogP contribution in [0.2, 0.25) is 0 Å². The van der Waals surface area contributed by atoms with Gasteiger partial charge in [0.2, 0.25) is 5.91 Å². The fourth-order valence-corrected chi connectivity index (χ4v) is 3.58. The number of nitrogens with one attached hydrogen (secondary N) is 1. The van der Waals surface area contributed by atoms with Gasteiger partial charge >= 0.3 is 0 Å². The molecule has 0 unspecified atom stereocenters. The number of anilines is 1. The molecule has 0 bridgehead atoms. The molecular weight excluding hydrogens is 300 g/mol. The molecular formula is C15H18N4O2S. The van der Waals surface area contributed by atoms with Gasteiger partial charge < -0.3 is 14.8 Å². The van der Waals surface area contributed by atoms with E-state index < -0.39 is 0 Å². The highest BCUT2D eigenvalue weighted by atomic mass is 32.1. The van der Waals surface area contributed by atoms with Crippen molar-refractivity contribution in [2.75, 3.05) is 18.9 Å². The van der Waals surface area contributed by atoms with Gasteiger partial charge in [-0.2, -0.15) is 0 Å². The zero-order valence-corrected chi connectivity index (χ0v) is 13.4. The molecule has 0 aliphatic carbocycles. The Kier molecular flexibility index (Phi) is 4.08. The molecule has 2 aromatic heterocycles. The zero-order valence-electron chi connectivity index (χ0n) is 12.6. The van der Waals surface area contributed by atoms with Gasteiger partial charge in [0.05, 0.1) is 5.69 Å². The van der Waals surface area contributed by atoms with Gasteiger partial charge in [0, 0.05) is 36.1 Å². The standard InChI is InChI=1S/C15H18N4O2S/c1-10-4-3-6-19(14(10)21)9-13(20)17-15-16-11-5-7-18(2)8-12(11)22-15/h3-4,6H,5,7-9H2,1-2H3,(H,16,17,20). The van der Waals surface area contributed by atoms with Gasteiger partial charge in [0.15, 0.2) is 5.13 Å². The molecule has 2 aromatic rings. The average Bonchev–Trinajstić information content (AvgIpc) is 2.85. The number of carbonyl (C=O) groups excluding carboxylic acids is 1. The number of hydrogen-bond acceptors (Lipinski definition) is 5. The average molecular weight is 318 g/mol. The Bertz CT molecular complexity index is 765. The maximum absolute atomic E-state index is 12.1. The maximum Gasteiger partial charge on any atom is 0.253 e. The third-order valence-electron chi connectivity index (χ3n) is 3.69. The number of hydrogen-bond donors (Lipinski definition) is 1. The lowest BCUT2D eigenvalue weighted by molar-refractivity contribution is -0.116. The van der Waals surface area contributed by atoms with Crippen molar-refractivity contribution in [1.82, 2.24) is 14.5 Å². The fourth-order valence-electron chi connectivity index (χ4n) is 2.47. The third kappa shape index (κ3) is 3.10. The summed E-state index contributed by atoms with van der Waals surface area (Å²) in [6, 6.07) is 3.50. The van der Waals surface area contributed by atoms with Gasteiger partial charge in [-0.3, -0.25) is 9.59 Å². The van der Waals surface area contributed by atoms with Crippen molar-refractivity contribution in [2.24, 2.45) is 0 Å². The van der Waals surface area contributed by atoms with Crippen LogP contribution in [0.15, 0.2) is 23.1 Å². The van der Waals surface area contributed by atoms with E-state index >= 15 is 0 Å². The summed E-state index contributed by atoms with van der Waals surface area (Å²) in [5.74, 6) is -0.229. The number of likely N-dealkylation sites (N-methyl/N-ethyl adjacent to an activating group) is 1. The summed E-state index contributed by atoms with van der Waals surface area (Å²) in [6.45, 7) is 3.61. The van der Waals surface area contributed by atoms with Crippen molar-refractivity contribution in [3.63, 3.8) is 0 Å². The topological polar surface area (TPSA) is 67.2 Å². The molecule has 22 heavy (non-hydrogen) atoms. The van der Waals surface area contributed by atoms with E-state index in [0.717, 1.165) is 25.2 Å². The second-order valence-corrected chi connectivity index (χ2v) is 6.63. The van der Waals surface area contributed by atoms with Crippen molar-refractivity contribution < 1.29 is 4.79 Å². The van der Waals surface area contributed by atoms with Gasteiger partial charge in [-0.25, -0.2) is 4.98 Å². The van der Waals surface area contributed by atoms with Crippen LogP contribution in [0.1, 0.15) is 16.1 Å². The van der Waals surface area contributed by atoms with E-state index in [9.17, 15) is 9.59 Å². The number of carbonyl (C=O) groups is 1. The minimum absolute atomic E-state index is 0.00463. The van der Waals surface area contributed by atoms with E-state index in [1.54, 1.807) is 25.3 Å². The normalized spacial score (nSPS) is 14.6. The zero-order chi connectivity index (χ0) is 15.7. The Balaban J connectivity index is 1.70. The monoisotopic (exact) mass is 318 g/mol. The summed E-state index contributed by atoms with van der Waals surface area (Å²) in [6.07, 6.45) is 2.53. The van der Waals surface area contributed by atoms with Gasteiger partial charge in [0.1, 0.15) is 6.54 Å². The number of aromatic nitrogens is 2. The Morgan fingerprint density at radius 1 is 1.50 bits per heavy atom. The molecule has 6 nitrogen and oxygen atoms in total. The molecule has 1 aliphatic rings. The lowest BCUT2D eigenvalue weighted by atomic mass is 10.2. The summed E-state index contributed by atoms with van der Waals surface area (Å²) in [4.78, 5) is 31.9. The van der Waals surface area contributed by atoms with E-state index in [4.69, 9.17) is 0 Å². The molecule has 1 aliphatic heterocycles. The second-order valence-electron chi connectivity index (χ2n) is 5.55. The number of amides is 1. The second kappa shape index (κ2) is 6.02. The highest BCUT2D eigenvalue weighted by Gasteiger charge is 2.19. The molecule has 0 radical (unpaired) electrons. The molecule has 7 heteroatoms. The predicted octanol–water partition coefficient (Wildman–Crippen LogP) is 1.24. The minimum Gasteiger partial charge on any atom is -0.306 e. The van der Waals surface area contributed by atoms with E-state index in [1.165, 1.54) is 20.8 Å². The van der Waals surface area contributed by atoms with Crippen molar-refractivity contribution in [3.8, 4) is 0 Å². The lowest BCUT2D eigenvalue weighted by Crippen LogP contribution is -2.28. The molecule has 0 atom stereocenters. The largest absolute Gasteiger partial charge is 0.306 e. The number of fused-ring (bicyclic) bond motifs is 1. The molecule has 1 N–H and O–H groups in total. The van der Waals surface area contributed by atoms with Crippen LogP contribution in [0.5, 0.6) is 0 Å². The van der Waals surface area contributed by atoms with Crippen LogP contribution in [0.25, 0.3) is 0 Å². The van der Waals surface area contributed by atoms with E-state index in [1.807, 2.05) is 0 Å². The summed E-state index contributed by atoms with van der Waals surface area (Å²) in [5.41, 5.74) is 1.56. The number of aryl methyl sites for hydroxylation is 1. The van der Waals surface area contributed by atoms with Crippen molar-refractivity contribution in [2.45, 2.75) is 26.4 Å². The number of rotatable bonds is 3. The molecule has 0 fully saturated rings. The van der Waals surface area contributed by atoms with E-state index in [2.05, 4.69) is 22.2 Å². The smallest absolute Gasteiger partial charge is 0.253 e. The highest BCUT2D eigenvalue weighted by Crippen LogP contribution is 2.27. The number of nitrogens with zero attached hydrogens (tertiary/aromatic N) is 3. The van der Waals surface area contributed by atoms with Crippen molar-refractivity contribution >= 4 is 22.4 Å². The molecule has 116 valence electrons. The molecule has 0 aromatic carbocycles. The van der Waals surface area contributed by atoms with Gasteiger partial charge in [-0.1, -0.05) is 6.07 Å². The van der Waals surface area contributed by atoms with Crippen LogP contribution in [0, 0.1) is 6.92 Å². The van der Waals surface area contributed by atoms with E-state index in [0.29, 0.717) is 10.7 Å². The molecule has 3 rings (SSSR count). The summed E-state index contributed by atoms with van der Waals surface area (Å²) >= 11 is 1.51. The molecule has 0 saturated heterocycles. The lowest BCUT2D eigenvalue weighted by Gasteiger charge is -2.20. The third-order valence-corrected chi connectivity index (χ3v) is 4.69. The quantitative estimate of drug-likeness (QED) is 0.924. The predicted molar refractivity (Wildman–Crippen MR) is 86.2 cm³/mol. The van der Waals surface area contributed by atoms with Gasteiger partial charge in [-0.15, -0.1) is 11.3 Å². The first-order valence-electron chi connectivity index (χ1n) is 7.16. The first-order valence-corrected chi connectivity index (χ1v) is 7.97. The summed E-state index contributed by atoms with van der Waals surface area (Å²) in [5, 5.41) is 3.42. The van der Waals surface area contributed by atoms with Crippen LogP contribution in [0.4, 0.5) is 5.13 Å². The van der Waals surface area contributed by atoms with E-state index in [-0.39, 0.29) is 18.0 Å². The van der Waals surface area contributed by atoms with Crippen molar-refractivity contribution in [1.29, 1.82) is 0 Å². The summed E-state index contributed by atoms with van der Waals surface area (Å²) in [7, 11) is 2.07. The van der Waals surface area contributed by atoms with Crippen molar-refractivity contribution in [3.05, 3.63) is 44.8 Å². The fraction of sp³-hybridized carbons (Fsp3) is 0.400. The van der Waals surface area contributed by atoms with Gasteiger partial charge in [0.25, 0.3) is 5.56 Å². The van der Waals surface area contributed by atoms with Crippen LogP contribution < -0.4 is 10.9 Å². The first kappa shape index (κ1) is 14.9. The molecule has 1 amide bonds. The van der Waals surface area contributed by atoms with Crippen LogP contribution in [-0.2, 0) is 24.3 Å². The Hall–Kier alpha value is -1.99. The van der Waals surface area contributed by atoms with Crippen LogP contribution in [0.3, 0.4) is 0 Å². The maximum atomic E-state index is 12.1. The Morgan fingerprint density at radius 2 is 2.32 bits per heavy atom. The molecule has 3 heterocycles. The van der Waals surface area contributed by atoms with Gasteiger partial charge in [-0.05, 0) is 20.0 Å².